The zero-order valence-electron chi connectivity index (χ0n) is 7.78. The van der Waals surface area contributed by atoms with Gasteiger partial charge in [0.2, 0.25) is 0 Å². The molecule has 1 rings (SSSR count). The molecule has 0 N–H and O–H groups in total. The first-order valence-corrected chi connectivity index (χ1v) is 3.95. The molecular formula is C11H9NO2. The summed E-state index contributed by atoms with van der Waals surface area (Å²) >= 11 is 0. The van der Waals surface area contributed by atoms with Crippen LogP contribution in [0, 0.1) is 23.7 Å². The van der Waals surface area contributed by atoms with E-state index < -0.39 is 0 Å². The van der Waals surface area contributed by atoms with Gasteiger partial charge < -0.3 is 9.47 Å². The Morgan fingerprint density at radius 3 is 2.64 bits per heavy atom. The van der Waals surface area contributed by atoms with Gasteiger partial charge in [0.05, 0.1) is 18.7 Å². The second-order valence-electron chi connectivity index (χ2n) is 2.50. The molecule has 0 saturated heterocycles. The second kappa shape index (κ2) is 4.79. The van der Waals surface area contributed by atoms with Crippen LogP contribution in [0.3, 0.4) is 0 Å². The van der Waals surface area contributed by atoms with Crippen molar-refractivity contribution in [1.82, 2.24) is 0 Å². The van der Waals surface area contributed by atoms with E-state index in [9.17, 15) is 0 Å². The smallest absolute Gasteiger partial charge is 0.148 e. The topological polar surface area (TPSA) is 42.2 Å². The van der Waals surface area contributed by atoms with Gasteiger partial charge in [-0.1, -0.05) is 5.92 Å². The Labute approximate surface area is 82.9 Å². The summed E-state index contributed by atoms with van der Waals surface area (Å²) in [5, 5.41) is 8.71. The van der Waals surface area contributed by atoms with Crippen molar-refractivity contribution in [2.45, 2.75) is 0 Å². The van der Waals surface area contributed by atoms with Crippen LogP contribution in [-0.4, -0.2) is 13.7 Å². The van der Waals surface area contributed by atoms with Crippen LogP contribution in [0.25, 0.3) is 0 Å². The molecule has 3 nitrogen and oxygen atoms in total. The molecule has 0 heterocycles. The molecule has 0 aromatic heterocycles. The zero-order valence-corrected chi connectivity index (χ0v) is 7.78. The maximum absolute atomic E-state index is 8.71. The van der Waals surface area contributed by atoms with E-state index in [1.54, 1.807) is 18.2 Å². The van der Waals surface area contributed by atoms with Crippen molar-refractivity contribution in [1.29, 1.82) is 5.26 Å². The predicted molar refractivity (Wildman–Crippen MR) is 52.0 cm³/mol. The maximum atomic E-state index is 8.71. The van der Waals surface area contributed by atoms with Gasteiger partial charge in [-0.2, -0.15) is 5.26 Å². The van der Waals surface area contributed by atoms with Crippen molar-refractivity contribution in [2.24, 2.45) is 0 Å². The van der Waals surface area contributed by atoms with Gasteiger partial charge in [0.15, 0.2) is 0 Å². The number of nitrogens with zero attached hydrogens (tertiary/aromatic N) is 1. The Balaban J connectivity index is 2.95. The van der Waals surface area contributed by atoms with Gasteiger partial charge in [-0.25, -0.2) is 0 Å². The van der Waals surface area contributed by atoms with Gasteiger partial charge in [0.1, 0.15) is 18.1 Å². The molecule has 0 aliphatic rings. The molecule has 0 aliphatic carbocycles. The van der Waals surface area contributed by atoms with Crippen LogP contribution in [0.5, 0.6) is 11.5 Å². The highest BCUT2D eigenvalue weighted by Crippen LogP contribution is 2.21. The van der Waals surface area contributed by atoms with Crippen LogP contribution in [0.4, 0.5) is 0 Å². The van der Waals surface area contributed by atoms with E-state index in [0.717, 1.165) is 0 Å². The van der Waals surface area contributed by atoms with Gasteiger partial charge in [-0.15, -0.1) is 6.42 Å². The Bertz CT molecular complexity index is 399. The van der Waals surface area contributed by atoms with E-state index in [0.29, 0.717) is 17.1 Å². The van der Waals surface area contributed by atoms with Gasteiger partial charge in [0.25, 0.3) is 0 Å². The molecule has 0 saturated carbocycles. The molecule has 0 bridgehead atoms. The largest absolute Gasteiger partial charge is 0.497 e. The van der Waals surface area contributed by atoms with Crippen LogP contribution < -0.4 is 9.47 Å². The minimum atomic E-state index is 0.179. The summed E-state index contributed by atoms with van der Waals surface area (Å²) in [6, 6.07) is 6.92. The van der Waals surface area contributed by atoms with E-state index in [4.69, 9.17) is 21.2 Å². The Morgan fingerprint density at radius 2 is 2.07 bits per heavy atom. The van der Waals surface area contributed by atoms with Crippen molar-refractivity contribution < 1.29 is 9.47 Å². The number of terminal acetylenes is 1. The zero-order chi connectivity index (χ0) is 10.4. The van der Waals surface area contributed by atoms with Crippen molar-refractivity contribution >= 4 is 0 Å². The van der Waals surface area contributed by atoms with E-state index in [1.807, 2.05) is 6.07 Å². The van der Waals surface area contributed by atoms with Crippen LogP contribution >= 0.6 is 0 Å². The molecule has 0 amide bonds. The molecule has 0 unspecified atom stereocenters. The van der Waals surface area contributed by atoms with E-state index in [1.165, 1.54) is 7.11 Å². The minimum absolute atomic E-state index is 0.179. The highest BCUT2D eigenvalue weighted by Gasteiger charge is 2.00. The second-order valence-corrected chi connectivity index (χ2v) is 2.50. The van der Waals surface area contributed by atoms with E-state index >= 15 is 0 Å². The predicted octanol–water partition coefficient (Wildman–Crippen LogP) is 1.58. The Morgan fingerprint density at radius 1 is 1.36 bits per heavy atom. The molecule has 3 heteroatoms. The SMILES string of the molecule is C#CCOc1cc(C#N)cc(OC)c1. The number of rotatable bonds is 3. The molecule has 70 valence electrons. The quantitative estimate of drug-likeness (QED) is 0.674. The number of nitriles is 1. The Hall–Kier alpha value is -2.13. The number of hydrogen-bond acceptors (Lipinski definition) is 3. The minimum Gasteiger partial charge on any atom is -0.497 e. The van der Waals surface area contributed by atoms with E-state index in [2.05, 4.69) is 5.92 Å². The molecule has 0 aliphatic heterocycles. The summed E-state index contributed by atoms with van der Waals surface area (Å²) in [4.78, 5) is 0. The summed E-state index contributed by atoms with van der Waals surface area (Å²) < 4.78 is 10.2. The molecular weight excluding hydrogens is 178 g/mol. The standard InChI is InChI=1S/C11H9NO2/c1-3-4-14-11-6-9(8-12)5-10(7-11)13-2/h1,5-7H,4H2,2H3. The fourth-order valence-electron chi connectivity index (χ4n) is 0.962. The summed E-state index contributed by atoms with van der Waals surface area (Å²) in [5.74, 6) is 3.47. The lowest BCUT2D eigenvalue weighted by Gasteiger charge is -2.05. The summed E-state index contributed by atoms with van der Waals surface area (Å²) in [5.41, 5.74) is 0.483. The molecule has 1 aromatic rings. The number of methoxy groups -OCH3 is 1. The average molecular weight is 187 g/mol. The lowest BCUT2D eigenvalue weighted by atomic mass is 10.2. The van der Waals surface area contributed by atoms with Crippen molar-refractivity contribution in [3.63, 3.8) is 0 Å². The average Bonchev–Trinajstić information content (AvgIpc) is 2.25. The van der Waals surface area contributed by atoms with Gasteiger partial charge >= 0.3 is 0 Å². The number of benzene rings is 1. The molecule has 14 heavy (non-hydrogen) atoms. The van der Waals surface area contributed by atoms with Gasteiger partial charge in [-0.05, 0) is 12.1 Å². The summed E-state index contributed by atoms with van der Waals surface area (Å²) in [6.45, 7) is 0.179. The first-order valence-electron chi connectivity index (χ1n) is 3.95. The van der Waals surface area contributed by atoms with Crippen LogP contribution in [0.15, 0.2) is 18.2 Å². The van der Waals surface area contributed by atoms with Gasteiger partial charge in [0, 0.05) is 6.07 Å². The normalized spacial score (nSPS) is 8.50. The molecule has 0 spiro atoms. The van der Waals surface area contributed by atoms with Crippen molar-refractivity contribution in [3.8, 4) is 29.9 Å². The van der Waals surface area contributed by atoms with E-state index in [-0.39, 0.29) is 6.61 Å². The maximum Gasteiger partial charge on any atom is 0.148 e. The first kappa shape index (κ1) is 9.95. The number of ether oxygens (including phenoxy) is 2. The monoisotopic (exact) mass is 187 g/mol. The lowest BCUT2D eigenvalue weighted by Crippen LogP contribution is -1.94. The summed E-state index contributed by atoms with van der Waals surface area (Å²) in [7, 11) is 1.53. The first-order chi connectivity index (χ1) is 6.80. The lowest BCUT2D eigenvalue weighted by molar-refractivity contribution is 0.363. The highest BCUT2D eigenvalue weighted by molar-refractivity contribution is 5.43. The Kier molecular flexibility index (Phi) is 3.41. The third-order valence-corrected chi connectivity index (χ3v) is 1.57. The molecule has 1 aromatic carbocycles. The van der Waals surface area contributed by atoms with Crippen LogP contribution in [-0.2, 0) is 0 Å². The molecule has 0 fully saturated rings. The molecule has 0 radical (unpaired) electrons. The summed E-state index contributed by atoms with van der Waals surface area (Å²) in [6.07, 6.45) is 5.05. The highest BCUT2D eigenvalue weighted by atomic mass is 16.5. The fraction of sp³-hybridized carbons (Fsp3) is 0.182. The third-order valence-electron chi connectivity index (χ3n) is 1.57. The van der Waals surface area contributed by atoms with Crippen molar-refractivity contribution in [3.05, 3.63) is 23.8 Å². The molecule has 0 atom stereocenters. The third kappa shape index (κ3) is 2.43. The van der Waals surface area contributed by atoms with Crippen LogP contribution in [0.1, 0.15) is 5.56 Å². The number of hydrogen-bond donors (Lipinski definition) is 0. The van der Waals surface area contributed by atoms with Crippen LogP contribution in [0.2, 0.25) is 0 Å². The van der Waals surface area contributed by atoms with Gasteiger partial charge in [-0.3, -0.25) is 0 Å². The fourth-order valence-corrected chi connectivity index (χ4v) is 0.962. The van der Waals surface area contributed by atoms with Crippen molar-refractivity contribution in [2.75, 3.05) is 13.7 Å².